The molecule has 0 N–H and O–H groups in total. The molecule has 0 aliphatic carbocycles. The lowest BCUT2D eigenvalue weighted by Gasteiger charge is -2.24. The maximum Gasteiger partial charge on any atom is 0.293 e. The zero-order valence-electron chi connectivity index (χ0n) is 14.2. The molecular weight excluding hydrogens is 324 g/mol. The first-order valence-electron chi connectivity index (χ1n) is 8.27. The third-order valence-corrected chi connectivity index (χ3v) is 4.16. The Kier molecular flexibility index (Phi) is 5.49. The minimum absolute atomic E-state index is 0.00940. The smallest absolute Gasteiger partial charge is 0.293 e. The van der Waals surface area contributed by atoms with Crippen LogP contribution >= 0.6 is 0 Å². The van der Waals surface area contributed by atoms with Gasteiger partial charge in [0.15, 0.2) is 5.75 Å². The van der Waals surface area contributed by atoms with Crippen LogP contribution in [-0.2, 0) is 22.6 Å². The minimum Gasteiger partial charge on any atom is -0.491 e. The number of rotatable bonds is 5. The SMILES string of the molecule is COc1cccn(CC(=O)N2CCCO[C@H](Cn3cccn3)C2)c1=O. The molecule has 1 fully saturated rings. The number of carbonyl (C=O) groups excluding carboxylic acids is 1. The fraction of sp³-hybridized carbons (Fsp3) is 0.471. The van der Waals surface area contributed by atoms with Crippen molar-refractivity contribution in [3.8, 4) is 5.75 Å². The molecule has 0 unspecified atom stereocenters. The zero-order chi connectivity index (χ0) is 17.6. The van der Waals surface area contributed by atoms with E-state index in [0.29, 0.717) is 26.2 Å². The Morgan fingerprint density at radius 3 is 3.04 bits per heavy atom. The van der Waals surface area contributed by atoms with E-state index in [1.54, 1.807) is 34.1 Å². The average Bonchev–Trinajstić information content (AvgIpc) is 3.00. The van der Waals surface area contributed by atoms with Gasteiger partial charge in [0.25, 0.3) is 5.56 Å². The molecule has 1 amide bonds. The molecule has 1 atom stereocenters. The van der Waals surface area contributed by atoms with E-state index < -0.39 is 0 Å². The molecule has 0 bridgehead atoms. The van der Waals surface area contributed by atoms with Crippen LogP contribution < -0.4 is 10.3 Å². The van der Waals surface area contributed by atoms with Crippen molar-refractivity contribution in [3.05, 3.63) is 47.1 Å². The molecule has 1 aliphatic rings. The molecule has 8 nitrogen and oxygen atoms in total. The van der Waals surface area contributed by atoms with Crippen LogP contribution in [0.2, 0.25) is 0 Å². The third-order valence-electron chi connectivity index (χ3n) is 4.16. The Morgan fingerprint density at radius 2 is 2.28 bits per heavy atom. The summed E-state index contributed by atoms with van der Waals surface area (Å²) < 4.78 is 14.0. The van der Waals surface area contributed by atoms with Gasteiger partial charge in [0.1, 0.15) is 6.54 Å². The maximum absolute atomic E-state index is 12.7. The number of carbonyl (C=O) groups is 1. The van der Waals surface area contributed by atoms with Crippen LogP contribution in [-0.4, -0.2) is 58.1 Å². The molecule has 134 valence electrons. The van der Waals surface area contributed by atoms with Crippen molar-refractivity contribution in [2.75, 3.05) is 26.8 Å². The number of methoxy groups -OCH3 is 1. The van der Waals surface area contributed by atoms with E-state index in [2.05, 4.69) is 5.10 Å². The summed E-state index contributed by atoms with van der Waals surface area (Å²) in [6, 6.07) is 5.14. The number of amides is 1. The second-order valence-corrected chi connectivity index (χ2v) is 5.92. The molecule has 0 saturated carbocycles. The van der Waals surface area contributed by atoms with Gasteiger partial charge < -0.3 is 18.9 Å². The summed E-state index contributed by atoms with van der Waals surface area (Å²) in [5, 5.41) is 4.18. The van der Waals surface area contributed by atoms with Gasteiger partial charge in [-0.15, -0.1) is 0 Å². The first kappa shape index (κ1) is 17.2. The fourth-order valence-corrected chi connectivity index (χ4v) is 2.89. The molecular formula is C17H22N4O4. The predicted molar refractivity (Wildman–Crippen MR) is 90.4 cm³/mol. The number of hydrogen-bond acceptors (Lipinski definition) is 5. The van der Waals surface area contributed by atoms with E-state index in [1.165, 1.54) is 11.7 Å². The highest BCUT2D eigenvalue weighted by Gasteiger charge is 2.23. The normalized spacial score (nSPS) is 18.0. The van der Waals surface area contributed by atoms with Crippen LogP contribution in [0.4, 0.5) is 0 Å². The molecule has 1 aliphatic heterocycles. The second kappa shape index (κ2) is 7.98. The fourth-order valence-electron chi connectivity index (χ4n) is 2.89. The molecule has 3 heterocycles. The Labute approximate surface area is 145 Å². The number of ether oxygens (including phenoxy) is 2. The maximum atomic E-state index is 12.7. The molecule has 2 aromatic rings. The van der Waals surface area contributed by atoms with Crippen LogP contribution in [0.5, 0.6) is 5.75 Å². The van der Waals surface area contributed by atoms with E-state index in [1.807, 2.05) is 12.3 Å². The number of aromatic nitrogens is 3. The van der Waals surface area contributed by atoms with Crippen molar-refractivity contribution in [2.45, 2.75) is 25.6 Å². The van der Waals surface area contributed by atoms with Crippen molar-refractivity contribution in [1.82, 2.24) is 19.2 Å². The van der Waals surface area contributed by atoms with Crippen molar-refractivity contribution >= 4 is 5.91 Å². The Bertz CT molecular complexity index is 756. The molecule has 0 radical (unpaired) electrons. The molecule has 0 aromatic carbocycles. The summed E-state index contributed by atoms with van der Waals surface area (Å²) in [4.78, 5) is 26.6. The summed E-state index contributed by atoms with van der Waals surface area (Å²) in [7, 11) is 1.44. The minimum atomic E-state index is -0.308. The van der Waals surface area contributed by atoms with Gasteiger partial charge in [-0.1, -0.05) is 0 Å². The van der Waals surface area contributed by atoms with Gasteiger partial charge in [-0.2, -0.15) is 5.10 Å². The summed E-state index contributed by atoms with van der Waals surface area (Å²) in [5.74, 6) is 0.123. The monoisotopic (exact) mass is 346 g/mol. The lowest BCUT2D eigenvalue weighted by molar-refractivity contribution is -0.132. The van der Waals surface area contributed by atoms with Gasteiger partial charge in [-0.05, 0) is 24.6 Å². The quantitative estimate of drug-likeness (QED) is 0.782. The highest BCUT2D eigenvalue weighted by molar-refractivity contribution is 5.76. The third kappa shape index (κ3) is 4.27. The van der Waals surface area contributed by atoms with Crippen molar-refractivity contribution in [2.24, 2.45) is 0 Å². The van der Waals surface area contributed by atoms with Crippen LogP contribution in [0.1, 0.15) is 6.42 Å². The molecule has 8 heteroatoms. The highest BCUT2D eigenvalue weighted by Crippen LogP contribution is 2.09. The molecule has 1 saturated heterocycles. The summed E-state index contributed by atoms with van der Waals surface area (Å²) in [6.07, 6.45) is 5.84. The van der Waals surface area contributed by atoms with Crippen molar-refractivity contribution in [3.63, 3.8) is 0 Å². The number of pyridine rings is 1. The van der Waals surface area contributed by atoms with Crippen LogP contribution in [0, 0.1) is 0 Å². The predicted octanol–water partition coefficient (Wildman–Crippen LogP) is 0.371. The average molecular weight is 346 g/mol. The standard InChI is InChI=1S/C17H22N4O4/c1-24-15-5-2-7-20(17(15)23)13-16(22)19-8-4-10-25-14(11-19)12-21-9-3-6-18-21/h2-3,5-7,9,14H,4,8,10-13H2,1H3/t14-/m0/s1. The Balaban J connectivity index is 1.67. The lowest BCUT2D eigenvalue weighted by atomic mass is 10.3. The van der Waals surface area contributed by atoms with Gasteiger partial charge in [0.05, 0.1) is 19.8 Å². The largest absolute Gasteiger partial charge is 0.491 e. The van der Waals surface area contributed by atoms with Crippen molar-refractivity contribution in [1.29, 1.82) is 0 Å². The van der Waals surface area contributed by atoms with Crippen LogP contribution in [0.3, 0.4) is 0 Å². The first-order valence-corrected chi connectivity index (χ1v) is 8.27. The first-order chi connectivity index (χ1) is 12.2. The number of hydrogen-bond donors (Lipinski definition) is 0. The van der Waals surface area contributed by atoms with E-state index in [-0.39, 0.29) is 29.9 Å². The summed E-state index contributed by atoms with van der Waals surface area (Å²) in [5.41, 5.74) is -0.308. The Hall–Kier alpha value is -2.61. The highest BCUT2D eigenvalue weighted by atomic mass is 16.5. The van der Waals surface area contributed by atoms with Gasteiger partial charge in [-0.3, -0.25) is 14.3 Å². The van der Waals surface area contributed by atoms with E-state index in [0.717, 1.165) is 6.42 Å². The zero-order valence-corrected chi connectivity index (χ0v) is 14.2. The van der Waals surface area contributed by atoms with Crippen LogP contribution in [0.25, 0.3) is 0 Å². The van der Waals surface area contributed by atoms with Gasteiger partial charge in [0.2, 0.25) is 5.91 Å². The van der Waals surface area contributed by atoms with Crippen LogP contribution in [0.15, 0.2) is 41.6 Å². The second-order valence-electron chi connectivity index (χ2n) is 5.92. The van der Waals surface area contributed by atoms with E-state index in [9.17, 15) is 9.59 Å². The number of nitrogens with zero attached hydrogens (tertiary/aromatic N) is 4. The van der Waals surface area contributed by atoms with Gasteiger partial charge in [0, 0.05) is 38.3 Å². The summed E-state index contributed by atoms with van der Waals surface area (Å²) in [6.45, 7) is 2.29. The lowest BCUT2D eigenvalue weighted by Crippen LogP contribution is -2.41. The van der Waals surface area contributed by atoms with Gasteiger partial charge >= 0.3 is 0 Å². The topological polar surface area (TPSA) is 78.6 Å². The molecule has 3 rings (SSSR count). The van der Waals surface area contributed by atoms with E-state index in [4.69, 9.17) is 9.47 Å². The molecule has 2 aromatic heterocycles. The van der Waals surface area contributed by atoms with Gasteiger partial charge in [-0.25, -0.2) is 0 Å². The molecule has 0 spiro atoms. The van der Waals surface area contributed by atoms with Crippen molar-refractivity contribution < 1.29 is 14.3 Å². The Morgan fingerprint density at radius 1 is 1.40 bits per heavy atom. The summed E-state index contributed by atoms with van der Waals surface area (Å²) >= 11 is 0. The molecule has 25 heavy (non-hydrogen) atoms. The van der Waals surface area contributed by atoms with E-state index >= 15 is 0 Å².